The summed E-state index contributed by atoms with van der Waals surface area (Å²) in [6, 6.07) is 1.73. The molecule has 1 heterocycles. The Hall–Kier alpha value is -0.600. The molecule has 1 unspecified atom stereocenters. The number of nitrogens with zero attached hydrogens (tertiary/aromatic N) is 1. The molecule has 72 valence electrons. The number of aromatic nitrogens is 1. The normalized spacial score (nSPS) is 13.4. The van der Waals surface area contributed by atoms with Crippen molar-refractivity contribution in [3.63, 3.8) is 0 Å². The molecule has 1 aromatic rings. The second-order valence-electron chi connectivity index (χ2n) is 3.49. The molecule has 0 saturated heterocycles. The fourth-order valence-electron chi connectivity index (χ4n) is 1.14. The van der Waals surface area contributed by atoms with E-state index in [0.717, 1.165) is 5.56 Å². The van der Waals surface area contributed by atoms with Crippen LogP contribution in [-0.4, -0.2) is 10.1 Å². The zero-order valence-electron chi connectivity index (χ0n) is 8.08. The van der Waals surface area contributed by atoms with Crippen molar-refractivity contribution in [2.75, 3.05) is 0 Å². The summed E-state index contributed by atoms with van der Waals surface area (Å²) < 4.78 is 0. The Morgan fingerprint density at radius 2 is 2.08 bits per heavy atom. The predicted molar refractivity (Wildman–Crippen MR) is 53.8 cm³/mol. The van der Waals surface area contributed by atoms with Gasteiger partial charge in [-0.25, -0.2) is 0 Å². The van der Waals surface area contributed by atoms with E-state index in [1.54, 1.807) is 12.3 Å². The number of hydrogen-bond acceptors (Lipinski definition) is 2. The predicted octanol–water partition coefficient (Wildman–Crippen LogP) is 2.73. The highest BCUT2D eigenvalue weighted by molar-refractivity contribution is 6.31. The van der Waals surface area contributed by atoms with Crippen LogP contribution >= 0.6 is 11.6 Å². The molecule has 1 rings (SSSR count). The highest BCUT2D eigenvalue weighted by Gasteiger charge is 2.16. The van der Waals surface area contributed by atoms with Gasteiger partial charge >= 0.3 is 0 Å². The quantitative estimate of drug-likeness (QED) is 0.795. The van der Waals surface area contributed by atoms with E-state index in [4.69, 9.17) is 11.6 Å². The molecule has 13 heavy (non-hydrogen) atoms. The molecule has 0 fully saturated rings. The second-order valence-corrected chi connectivity index (χ2v) is 3.90. The van der Waals surface area contributed by atoms with Gasteiger partial charge in [0.1, 0.15) is 0 Å². The molecule has 2 nitrogen and oxygen atoms in total. The minimum Gasteiger partial charge on any atom is -0.387 e. The van der Waals surface area contributed by atoms with Crippen molar-refractivity contribution in [2.45, 2.75) is 26.9 Å². The Balaban J connectivity index is 3.07. The van der Waals surface area contributed by atoms with Crippen molar-refractivity contribution in [3.05, 3.63) is 28.5 Å². The zero-order chi connectivity index (χ0) is 10.0. The lowest BCUT2D eigenvalue weighted by molar-refractivity contribution is 0.122. The van der Waals surface area contributed by atoms with Gasteiger partial charge in [0.15, 0.2) is 0 Å². The molecule has 0 saturated carbocycles. The van der Waals surface area contributed by atoms with Gasteiger partial charge in [0.05, 0.1) is 11.8 Å². The first-order chi connectivity index (χ1) is 6.04. The molecule has 1 atom stereocenters. The standard InChI is InChI=1S/C10H14ClNO/c1-6(2)10(13)9-7(3)8(11)4-5-12-9/h4-6,10,13H,1-3H3. The molecule has 0 aliphatic carbocycles. The highest BCUT2D eigenvalue weighted by Crippen LogP contribution is 2.26. The number of aliphatic hydroxyl groups excluding tert-OH is 1. The van der Waals surface area contributed by atoms with E-state index in [1.807, 2.05) is 20.8 Å². The van der Waals surface area contributed by atoms with Gasteiger partial charge in [-0.1, -0.05) is 25.4 Å². The summed E-state index contributed by atoms with van der Waals surface area (Å²) >= 11 is 5.91. The van der Waals surface area contributed by atoms with E-state index in [0.29, 0.717) is 10.7 Å². The Morgan fingerprint density at radius 1 is 1.46 bits per heavy atom. The van der Waals surface area contributed by atoms with Crippen LogP contribution in [0.3, 0.4) is 0 Å². The van der Waals surface area contributed by atoms with Crippen LogP contribution in [0.25, 0.3) is 0 Å². The molecule has 0 spiro atoms. The van der Waals surface area contributed by atoms with Gasteiger partial charge in [0.25, 0.3) is 0 Å². The molecule has 3 heteroatoms. The number of aliphatic hydroxyl groups is 1. The average molecular weight is 200 g/mol. The molecular formula is C10H14ClNO. The van der Waals surface area contributed by atoms with Crippen molar-refractivity contribution in [1.29, 1.82) is 0 Å². The largest absolute Gasteiger partial charge is 0.387 e. The maximum absolute atomic E-state index is 9.78. The Kier molecular flexibility index (Phi) is 3.28. The summed E-state index contributed by atoms with van der Waals surface area (Å²) in [5.74, 6) is 0.157. The van der Waals surface area contributed by atoms with Crippen LogP contribution in [0.5, 0.6) is 0 Å². The van der Waals surface area contributed by atoms with Gasteiger partial charge in [0.2, 0.25) is 0 Å². The van der Waals surface area contributed by atoms with E-state index < -0.39 is 6.10 Å². The Bertz CT molecular complexity index is 299. The maximum atomic E-state index is 9.78. The van der Waals surface area contributed by atoms with E-state index in [9.17, 15) is 5.11 Å². The van der Waals surface area contributed by atoms with Gasteiger partial charge in [-0.05, 0) is 24.5 Å². The minimum atomic E-state index is -0.529. The van der Waals surface area contributed by atoms with Crippen LogP contribution in [0.15, 0.2) is 12.3 Å². The molecule has 0 aromatic carbocycles. The molecule has 0 radical (unpaired) electrons. The lowest BCUT2D eigenvalue weighted by Gasteiger charge is -2.16. The van der Waals surface area contributed by atoms with Crippen molar-refractivity contribution < 1.29 is 5.11 Å². The molecular weight excluding hydrogens is 186 g/mol. The van der Waals surface area contributed by atoms with Crippen molar-refractivity contribution in [3.8, 4) is 0 Å². The van der Waals surface area contributed by atoms with Crippen molar-refractivity contribution >= 4 is 11.6 Å². The summed E-state index contributed by atoms with van der Waals surface area (Å²) in [7, 11) is 0. The van der Waals surface area contributed by atoms with Crippen LogP contribution in [0.2, 0.25) is 5.02 Å². The summed E-state index contributed by atoms with van der Waals surface area (Å²) in [5.41, 5.74) is 1.55. The van der Waals surface area contributed by atoms with E-state index >= 15 is 0 Å². The van der Waals surface area contributed by atoms with Crippen LogP contribution in [0.1, 0.15) is 31.2 Å². The smallest absolute Gasteiger partial charge is 0.0985 e. The summed E-state index contributed by atoms with van der Waals surface area (Å²) in [6.07, 6.45) is 1.09. The molecule has 0 amide bonds. The zero-order valence-corrected chi connectivity index (χ0v) is 8.84. The topological polar surface area (TPSA) is 33.1 Å². The van der Waals surface area contributed by atoms with Crippen LogP contribution in [0, 0.1) is 12.8 Å². The summed E-state index contributed by atoms with van der Waals surface area (Å²) in [5, 5.41) is 10.4. The highest BCUT2D eigenvalue weighted by atomic mass is 35.5. The van der Waals surface area contributed by atoms with E-state index in [1.165, 1.54) is 0 Å². The van der Waals surface area contributed by atoms with E-state index in [2.05, 4.69) is 4.98 Å². The lowest BCUT2D eigenvalue weighted by atomic mass is 10.0. The van der Waals surface area contributed by atoms with Gasteiger partial charge in [-0.3, -0.25) is 4.98 Å². The third-order valence-corrected chi connectivity index (χ3v) is 2.50. The fourth-order valence-corrected chi connectivity index (χ4v) is 1.29. The molecule has 1 aromatic heterocycles. The van der Waals surface area contributed by atoms with Crippen LogP contribution in [-0.2, 0) is 0 Å². The summed E-state index contributed by atoms with van der Waals surface area (Å²) in [4.78, 5) is 4.13. The second kappa shape index (κ2) is 4.07. The van der Waals surface area contributed by atoms with Crippen LogP contribution in [0.4, 0.5) is 0 Å². The van der Waals surface area contributed by atoms with Gasteiger partial charge < -0.3 is 5.11 Å². The molecule has 1 N–H and O–H groups in total. The first kappa shape index (κ1) is 10.5. The van der Waals surface area contributed by atoms with Gasteiger partial charge in [-0.2, -0.15) is 0 Å². The summed E-state index contributed by atoms with van der Waals surface area (Å²) in [6.45, 7) is 5.77. The van der Waals surface area contributed by atoms with Gasteiger partial charge in [-0.15, -0.1) is 0 Å². The number of rotatable bonds is 2. The van der Waals surface area contributed by atoms with Crippen LogP contribution < -0.4 is 0 Å². The lowest BCUT2D eigenvalue weighted by Crippen LogP contribution is -2.09. The third kappa shape index (κ3) is 2.20. The monoisotopic (exact) mass is 199 g/mol. The van der Waals surface area contributed by atoms with Crippen molar-refractivity contribution in [2.24, 2.45) is 5.92 Å². The first-order valence-electron chi connectivity index (χ1n) is 4.33. The molecule has 0 bridgehead atoms. The van der Waals surface area contributed by atoms with E-state index in [-0.39, 0.29) is 5.92 Å². The number of hydrogen-bond donors (Lipinski definition) is 1. The first-order valence-corrected chi connectivity index (χ1v) is 4.71. The molecule has 0 aliphatic heterocycles. The Labute approximate surface area is 83.6 Å². The fraction of sp³-hybridized carbons (Fsp3) is 0.500. The Morgan fingerprint density at radius 3 is 2.62 bits per heavy atom. The number of halogens is 1. The van der Waals surface area contributed by atoms with Crippen molar-refractivity contribution in [1.82, 2.24) is 4.98 Å². The third-order valence-electron chi connectivity index (χ3n) is 2.09. The SMILES string of the molecule is Cc1c(Cl)ccnc1C(O)C(C)C. The number of pyridine rings is 1. The maximum Gasteiger partial charge on any atom is 0.0985 e. The average Bonchev–Trinajstić information content (AvgIpc) is 2.08. The van der Waals surface area contributed by atoms with Gasteiger partial charge in [0, 0.05) is 11.2 Å². The minimum absolute atomic E-state index is 0.157. The molecule has 0 aliphatic rings.